The van der Waals surface area contributed by atoms with Crippen LogP contribution in [0.5, 0.6) is 0 Å². The van der Waals surface area contributed by atoms with Crippen LogP contribution in [-0.2, 0) is 15.3 Å². The number of hydrogen-bond acceptors (Lipinski definition) is 6. The van der Waals surface area contributed by atoms with Gasteiger partial charge in [0.15, 0.2) is 11.3 Å². The Morgan fingerprint density at radius 2 is 1.57 bits per heavy atom. The molecule has 0 bridgehead atoms. The number of ether oxygens (including phenoxy) is 1. The maximum absolute atomic E-state index is 12.8. The highest BCUT2D eigenvalue weighted by atomic mass is 32.2. The largest absolute Gasteiger partial charge is 0.449 e. The van der Waals surface area contributed by atoms with Crippen molar-refractivity contribution >= 4 is 23.6 Å². The topological polar surface area (TPSA) is 72.4 Å². The first-order chi connectivity index (χ1) is 14.1. The molecule has 0 N–H and O–H groups in total. The van der Waals surface area contributed by atoms with Gasteiger partial charge in [0.1, 0.15) is 0 Å². The Bertz CT molecular complexity index is 871. The lowest BCUT2D eigenvalue weighted by molar-refractivity contribution is -0.143. The Morgan fingerprint density at radius 1 is 1.00 bits per heavy atom. The zero-order chi connectivity index (χ0) is 22.4. The molecular weight excluding hydrogens is 398 g/mol. The van der Waals surface area contributed by atoms with Gasteiger partial charge in [-0.15, -0.1) is 0 Å². The highest BCUT2D eigenvalue weighted by Gasteiger charge is 2.28. The van der Waals surface area contributed by atoms with E-state index in [9.17, 15) is 9.59 Å². The molecule has 162 valence electrons. The van der Waals surface area contributed by atoms with Crippen LogP contribution in [0.2, 0.25) is 0 Å². The van der Waals surface area contributed by atoms with Gasteiger partial charge in [-0.05, 0) is 66.2 Å². The number of carbonyl (C=O) groups excluding carboxylic acids is 2. The van der Waals surface area contributed by atoms with Crippen LogP contribution in [0.15, 0.2) is 35.5 Å². The van der Waals surface area contributed by atoms with Crippen LogP contribution in [0, 0.1) is 13.8 Å². The van der Waals surface area contributed by atoms with Gasteiger partial charge in [0.25, 0.3) is 5.91 Å². The van der Waals surface area contributed by atoms with Crippen LogP contribution < -0.4 is 0 Å². The number of thioether (sulfide) groups is 1. The Hall–Kier alpha value is -2.41. The van der Waals surface area contributed by atoms with Crippen LogP contribution in [0.25, 0.3) is 0 Å². The van der Waals surface area contributed by atoms with E-state index >= 15 is 0 Å². The van der Waals surface area contributed by atoms with E-state index in [-0.39, 0.29) is 18.0 Å². The molecule has 0 aliphatic heterocycles. The maximum Gasteiger partial charge on any atom is 0.339 e. The highest BCUT2D eigenvalue weighted by molar-refractivity contribution is 7.98. The lowest BCUT2D eigenvalue weighted by atomic mass is 10.1. The molecule has 1 amide bonds. The third-order valence-electron chi connectivity index (χ3n) is 4.55. The smallest absolute Gasteiger partial charge is 0.339 e. The van der Waals surface area contributed by atoms with Crippen LogP contribution in [0.3, 0.4) is 0 Å². The molecule has 0 fully saturated rings. The number of rotatable bonds is 8. The lowest BCUT2D eigenvalue weighted by Crippen LogP contribution is -2.47. The average molecular weight is 430 g/mol. The summed E-state index contributed by atoms with van der Waals surface area (Å²) in [5.74, 6) is -0.162. The third kappa shape index (κ3) is 6.29. The predicted molar refractivity (Wildman–Crippen MR) is 120 cm³/mol. The minimum Gasteiger partial charge on any atom is -0.449 e. The molecule has 0 spiro atoms. The molecule has 7 heteroatoms. The molecule has 0 radical (unpaired) electrons. The summed E-state index contributed by atoms with van der Waals surface area (Å²) in [4.78, 5) is 36.2. The van der Waals surface area contributed by atoms with Gasteiger partial charge < -0.3 is 9.64 Å². The molecule has 30 heavy (non-hydrogen) atoms. The van der Waals surface area contributed by atoms with Gasteiger partial charge in [0.2, 0.25) is 0 Å². The van der Waals surface area contributed by atoms with E-state index in [0.29, 0.717) is 16.5 Å². The van der Waals surface area contributed by atoms with Gasteiger partial charge in [0, 0.05) is 29.2 Å². The molecule has 1 heterocycles. The first-order valence-electron chi connectivity index (χ1n) is 10.2. The van der Waals surface area contributed by atoms with E-state index in [2.05, 4.69) is 9.97 Å². The zero-order valence-electron chi connectivity index (χ0n) is 18.8. The molecule has 2 rings (SSSR count). The molecular formula is C23H31N3O3S. The summed E-state index contributed by atoms with van der Waals surface area (Å²) in [6.45, 7) is 13.3. The van der Waals surface area contributed by atoms with E-state index in [1.54, 1.807) is 24.0 Å². The minimum absolute atomic E-state index is 0.0279. The Labute approximate surface area is 183 Å². The normalized spacial score (nSPS) is 12.2. The monoisotopic (exact) mass is 429 g/mol. The predicted octanol–water partition coefficient (Wildman–Crippen LogP) is 4.58. The number of hydrogen-bond donors (Lipinski definition) is 0. The third-order valence-corrected chi connectivity index (χ3v) is 5.45. The summed E-state index contributed by atoms with van der Waals surface area (Å²) >= 11 is 1.47. The quantitative estimate of drug-likeness (QED) is 0.348. The van der Waals surface area contributed by atoms with Gasteiger partial charge in [-0.3, -0.25) is 4.79 Å². The summed E-state index contributed by atoms with van der Waals surface area (Å²) in [5, 5.41) is 0.670. The van der Waals surface area contributed by atoms with E-state index in [1.165, 1.54) is 11.8 Å². The summed E-state index contributed by atoms with van der Waals surface area (Å²) in [6, 6.07) is 9.25. The Kier molecular flexibility index (Phi) is 8.41. The summed E-state index contributed by atoms with van der Waals surface area (Å²) in [7, 11) is 0. The second-order valence-electron chi connectivity index (χ2n) is 7.86. The second-order valence-corrected chi connectivity index (χ2v) is 8.80. The first-order valence-corrected chi connectivity index (χ1v) is 11.1. The fourth-order valence-corrected chi connectivity index (χ4v) is 4.29. The number of carbonyl (C=O) groups is 2. The number of benzene rings is 1. The summed E-state index contributed by atoms with van der Waals surface area (Å²) in [6.07, 6.45) is -0.856. The SMILES string of the molecule is Cc1cc(C)nc(SCc2ccccc2C(=O)O[C@@H](C)C(=O)N(C(C)C)C(C)C)n1. The number of aromatic nitrogens is 2. The average Bonchev–Trinajstić information content (AvgIpc) is 2.65. The number of amides is 1. The van der Waals surface area contributed by atoms with Crippen molar-refractivity contribution in [3.63, 3.8) is 0 Å². The lowest BCUT2D eigenvalue weighted by Gasteiger charge is -2.32. The van der Waals surface area contributed by atoms with Crippen LogP contribution in [0.4, 0.5) is 0 Å². The molecule has 1 aromatic heterocycles. The first kappa shape index (κ1) is 23.9. The maximum atomic E-state index is 12.8. The van der Waals surface area contributed by atoms with Gasteiger partial charge in [-0.25, -0.2) is 14.8 Å². The molecule has 0 aliphatic carbocycles. The number of aryl methyl sites for hydroxylation is 2. The van der Waals surface area contributed by atoms with Crippen molar-refractivity contribution in [1.29, 1.82) is 0 Å². The fraction of sp³-hybridized carbons (Fsp3) is 0.478. The minimum atomic E-state index is -0.856. The van der Waals surface area contributed by atoms with E-state index < -0.39 is 12.1 Å². The van der Waals surface area contributed by atoms with Crippen LogP contribution >= 0.6 is 11.8 Å². The van der Waals surface area contributed by atoms with Crippen molar-refractivity contribution < 1.29 is 14.3 Å². The zero-order valence-corrected chi connectivity index (χ0v) is 19.6. The fourth-order valence-electron chi connectivity index (χ4n) is 3.34. The molecule has 6 nitrogen and oxygen atoms in total. The van der Waals surface area contributed by atoms with Gasteiger partial charge in [0.05, 0.1) is 5.56 Å². The van der Waals surface area contributed by atoms with Crippen molar-refractivity contribution in [3.8, 4) is 0 Å². The Balaban J connectivity index is 2.12. The van der Waals surface area contributed by atoms with E-state index in [4.69, 9.17) is 4.74 Å². The number of nitrogens with zero attached hydrogens (tertiary/aromatic N) is 3. The molecule has 0 unspecified atom stereocenters. The van der Waals surface area contributed by atoms with E-state index in [0.717, 1.165) is 17.0 Å². The Morgan fingerprint density at radius 3 is 2.13 bits per heavy atom. The van der Waals surface area contributed by atoms with Crippen LogP contribution in [-0.4, -0.2) is 44.9 Å². The van der Waals surface area contributed by atoms with Crippen molar-refractivity contribution in [2.75, 3.05) is 0 Å². The van der Waals surface area contributed by atoms with Crippen molar-refractivity contribution in [3.05, 3.63) is 52.8 Å². The van der Waals surface area contributed by atoms with E-state index in [1.807, 2.05) is 59.7 Å². The van der Waals surface area contributed by atoms with Crippen molar-refractivity contribution in [1.82, 2.24) is 14.9 Å². The van der Waals surface area contributed by atoms with Gasteiger partial charge >= 0.3 is 5.97 Å². The van der Waals surface area contributed by atoms with Crippen molar-refractivity contribution in [2.45, 2.75) is 77.6 Å². The summed E-state index contributed by atoms with van der Waals surface area (Å²) < 4.78 is 5.54. The van der Waals surface area contributed by atoms with Gasteiger partial charge in [-0.2, -0.15) is 0 Å². The second kappa shape index (κ2) is 10.6. The highest BCUT2D eigenvalue weighted by Crippen LogP contribution is 2.23. The van der Waals surface area contributed by atoms with Crippen LogP contribution in [0.1, 0.15) is 61.9 Å². The molecule has 2 aromatic rings. The van der Waals surface area contributed by atoms with Gasteiger partial charge in [-0.1, -0.05) is 30.0 Å². The summed E-state index contributed by atoms with van der Waals surface area (Å²) in [5.41, 5.74) is 3.09. The standard InChI is InChI=1S/C23H31N3O3S/c1-14(2)26(15(3)4)21(27)18(7)29-22(28)20-11-9-8-10-19(20)13-30-23-24-16(5)12-17(6)25-23/h8-12,14-15,18H,13H2,1-7H3/t18-/m0/s1. The van der Waals surface area contributed by atoms with Crippen molar-refractivity contribution in [2.24, 2.45) is 0 Å². The molecule has 0 saturated carbocycles. The number of esters is 1. The molecule has 1 aromatic carbocycles. The molecule has 0 saturated heterocycles. The molecule has 0 aliphatic rings. The molecule has 1 atom stereocenters.